The van der Waals surface area contributed by atoms with E-state index in [4.69, 9.17) is 34.8 Å². The number of benzene rings is 2. The van der Waals surface area contributed by atoms with E-state index in [0.717, 1.165) is 12.0 Å². The topological polar surface area (TPSA) is 12.0 Å². The SMILES string of the molecule is Fc1ccc(Cl)cc1CNCCc1ccc(Cl)cc1Cl. The van der Waals surface area contributed by atoms with Gasteiger partial charge in [0.15, 0.2) is 0 Å². The average molecular weight is 333 g/mol. The Morgan fingerprint density at radius 1 is 0.900 bits per heavy atom. The first kappa shape index (κ1) is 15.6. The Morgan fingerprint density at radius 3 is 2.35 bits per heavy atom. The van der Waals surface area contributed by atoms with Gasteiger partial charge in [-0.25, -0.2) is 4.39 Å². The van der Waals surface area contributed by atoms with Crippen LogP contribution in [0.25, 0.3) is 0 Å². The van der Waals surface area contributed by atoms with Crippen LogP contribution in [0.5, 0.6) is 0 Å². The number of hydrogen-bond acceptors (Lipinski definition) is 1. The molecule has 2 rings (SSSR count). The number of halogens is 4. The molecule has 1 N–H and O–H groups in total. The zero-order valence-corrected chi connectivity index (χ0v) is 12.9. The van der Waals surface area contributed by atoms with Crippen molar-refractivity contribution in [3.8, 4) is 0 Å². The molecule has 0 fully saturated rings. The van der Waals surface area contributed by atoms with Crippen molar-refractivity contribution in [3.05, 3.63) is 68.4 Å². The minimum Gasteiger partial charge on any atom is -0.312 e. The summed E-state index contributed by atoms with van der Waals surface area (Å²) in [4.78, 5) is 0. The summed E-state index contributed by atoms with van der Waals surface area (Å²) in [6.07, 6.45) is 0.748. The van der Waals surface area contributed by atoms with E-state index in [9.17, 15) is 4.39 Å². The van der Waals surface area contributed by atoms with Crippen molar-refractivity contribution in [1.82, 2.24) is 5.32 Å². The van der Waals surface area contributed by atoms with Gasteiger partial charge in [-0.05, 0) is 48.9 Å². The fraction of sp³-hybridized carbons (Fsp3) is 0.200. The fourth-order valence-electron chi connectivity index (χ4n) is 1.85. The molecule has 0 aliphatic heterocycles. The minimum atomic E-state index is -0.258. The van der Waals surface area contributed by atoms with Gasteiger partial charge < -0.3 is 5.32 Å². The highest BCUT2D eigenvalue weighted by Crippen LogP contribution is 2.21. The third kappa shape index (κ3) is 4.35. The van der Waals surface area contributed by atoms with Crippen LogP contribution in [0.1, 0.15) is 11.1 Å². The smallest absolute Gasteiger partial charge is 0.127 e. The molecule has 0 bridgehead atoms. The monoisotopic (exact) mass is 331 g/mol. The van der Waals surface area contributed by atoms with Crippen LogP contribution in [-0.2, 0) is 13.0 Å². The summed E-state index contributed by atoms with van der Waals surface area (Å²) in [5, 5.41) is 4.97. The van der Waals surface area contributed by atoms with Gasteiger partial charge in [0, 0.05) is 27.2 Å². The molecule has 5 heteroatoms. The highest BCUT2D eigenvalue weighted by molar-refractivity contribution is 6.35. The zero-order valence-electron chi connectivity index (χ0n) is 10.6. The maximum Gasteiger partial charge on any atom is 0.127 e. The molecular weight excluding hydrogens is 320 g/mol. The Kier molecular flexibility index (Phi) is 5.67. The number of nitrogens with one attached hydrogen (secondary N) is 1. The van der Waals surface area contributed by atoms with Gasteiger partial charge in [-0.1, -0.05) is 40.9 Å². The molecule has 2 aromatic rings. The molecule has 0 aromatic heterocycles. The molecule has 106 valence electrons. The molecule has 0 aliphatic carbocycles. The maximum atomic E-state index is 13.5. The minimum absolute atomic E-state index is 0.258. The first-order chi connectivity index (χ1) is 9.56. The van der Waals surface area contributed by atoms with Crippen LogP contribution in [0.2, 0.25) is 15.1 Å². The molecule has 0 saturated carbocycles. The first-order valence-corrected chi connectivity index (χ1v) is 7.28. The van der Waals surface area contributed by atoms with Gasteiger partial charge in [-0.3, -0.25) is 0 Å². The lowest BCUT2D eigenvalue weighted by atomic mass is 10.1. The van der Waals surface area contributed by atoms with Crippen LogP contribution in [0.4, 0.5) is 4.39 Å². The van der Waals surface area contributed by atoms with E-state index >= 15 is 0 Å². The van der Waals surface area contributed by atoms with Crippen LogP contribution in [0, 0.1) is 5.82 Å². The molecular formula is C15H13Cl3FN. The highest BCUT2D eigenvalue weighted by atomic mass is 35.5. The van der Waals surface area contributed by atoms with Crippen LogP contribution < -0.4 is 5.32 Å². The normalized spacial score (nSPS) is 10.8. The van der Waals surface area contributed by atoms with Crippen molar-refractivity contribution < 1.29 is 4.39 Å². The van der Waals surface area contributed by atoms with Crippen molar-refractivity contribution in [1.29, 1.82) is 0 Å². The van der Waals surface area contributed by atoms with Gasteiger partial charge in [0.05, 0.1) is 0 Å². The number of rotatable bonds is 5. The standard InChI is InChI=1S/C15H13Cl3FN/c16-12-3-4-15(19)11(7-12)9-20-6-5-10-1-2-13(17)8-14(10)18/h1-4,7-8,20H,5-6,9H2. The van der Waals surface area contributed by atoms with Gasteiger partial charge in [-0.2, -0.15) is 0 Å². The zero-order chi connectivity index (χ0) is 14.5. The van der Waals surface area contributed by atoms with Crippen LogP contribution in [0.3, 0.4) is 0 Å². The summed E-state index contributed by atoms with van der Waals surface area (Å²) in [5.74, 6) is -0.258. The third-order valence-corrected chi connectivity index (χ3v) is 3.73. The Labute approximate surface area is 132 Å². The molecule has 20 heavy (non-hydrogen) atoms. The molecule has 0 spiro atoms. The summed E-state index contributed by atoms with van der Waals surface area (Å²) in [6.45, 7) is 1.12. The Morgan fingerprint density at radius 2 is 1.60 bits per heavy atom. The summed E-state index contributed by atoms with van der Waals surface area (Å²) in [6, 6.07) is 9.95. The van der Waals surface area contributed by atoms with Crippen molar-refractivity contribution >= 4 is 34.8 Å². The molecule has 0 heterocycles. The summed E-state index contributed by atoms with van der Waals surface area (Å²) in [7, 11) is 0. The molecule has 2 aromatic carbocycles. The van der Waals surface area contributed by atoms with E-state index in [0.29, 0.717) is 33.7 Å². The van der Waals surface area contributed by atoms with Crippen LogP contribution >= 0.6 is 34.8 Å². The first-order valence-electron chi connectivity index (χ1n) is 6.15. The lowest BCUT2D eigenvalue weighted by Crippen LogP contribution is -2.17. The molecule has 0 amide bonds. The molecule has 0 saturated heterocycles. The predicted octanol–water partition coefficient (Wildman–Crippen LogP) is 5.12. The second-order valence-electron chi connectivity index (χ2n) is 4.40. The molecule has 0 unspecified atom stereocenters. The van der Waals surface area contributed by atoms with Gasteiger partial charge in [-0.15, -0.1) is 0 Å². The summed E-state index contributed by atoms with van der Waals surface area (Å²) < 4.78 is 13.5. The number of hydrogen-bond donors (Lipinski definition) is 1. The van der Waals surface area contributed by atoms with Crippen LogP contribution in [-0.4, -0.2) is 6.54 Å². The van der Waals surface area contributed by atoms with E-state index in [1.807, 2.05) is 6.07 Å². The Hall–Kier alpha value is -0.800. The summed E-state index contributed by atoms with van der Waals surface area (Å²) in [5.41, 5.74) is 1.56. The summed E-state index contributed by atoms with van der Waals surface area (Å²) >= 11 is 17.8. The van der Waals surface area contributed by atoms with Crippen LogP contribution in [0.15, 0.2) is 36.4 Å². The van der Waals surface area contributed by atoms with Crippen molar-refractivity contribution in [2.24, 2.45) is 0 Å². The Balaban J connectivity index is 1.86. The van der Waals surface area contributed by atoms with Crippen molar-refractivity contribution in [2.45, 2.75) is 13.0 Å². The fourth-order valence-corrected chi connectivity index (χ4v) is 2.55. The van der Waals surface area contributed by atoms with E-state index in [1.165, 1.54) is 12.1 Å². The molecule has 1 nitrogen and oxygen atoms in total. The van der Waals surface area contributed by atoms with E-state index in [-0.39, 0.29) is 5.82 Å². The largest absolute Gasteiger partial charge is 0.312 e. The lowest BCUT2D eigenvalue weighted by molar-refractivity contribution is 0.588. The molecule has 0 atom stereocenters. The van der Waals surface area contributed by atoms with E-state index < -0.39 is 0 Å². The maximum absolute atomic E-state index is 13.5. The lowest BCUT2D eigenvalue weighted by Gasteiger charge is -2.08. The predicted molar refractivity (Wildman–Crippen MR) is 83.3 cm³/mol. The van der Waals surface area contributed by atoms with Crippen molar-refractivity contribution in [2.75, 3.05) is 6.54 Å². The quantitative estimate of drug-likeness (QED) is 0.750. The second kappa shape index (κ2) is 7.28. The van der Waals surface area contributed by atoms with E-state index in [2.05, 4.69) is 5.32 Å². The van der Waals surface area contributed by atoms with Crippen molar-refractivity contribution in [3.63, 3.8) is 0 Å². The van der Waals surface area contributed by atoms with Gasteiger partial charge in [0.2, 0.25) is 0 Å². The molecule has 0 aliphatic rings. The Bertz CT molecular complexity index is 602. The van der Waals surface area contributed by atoms with E-state index in [1.54, 1.807) is 18.2 Å². The second-order valence-corrected chi connectivity index (χ2v) is 5.68. The average Bonchev–Trinajstić information content (AvgIpc) is 2.40. The third-order valence-electron chi connectivity index (χ3n) is 2.91. The highest BCUT2D eigenvalue weighted by Gasteiger charge is 2.04. The molecule has 0 radical (unpaired) electrons. The van der Waals surface area contributed by atoms with Gasteiger partial charge in [0.1, 0.15) is 5.82 Å². The van der Waals surface area contributed by atoms with Gasteiger partial charge in [0.25, 0.3) is 0 Å². The van der Waals surface area contributed by atoms with Gasteiger partial charge >= 0.3 is 0 Å².